The van der Waals surface area contributed by atoms with Crippen molar-refractivity contribution in [3.8, 4) is 0 Å². The summed E-state index contributed by atoms with van der Waals surface area (Å²) < 4.78 is 2.62. The van der Waals surface area contributed by atoms with Gasteiger partial charge in [0.1, 0.15) is 0 Å². The monoisotopic (exact) mass is 281 g/mol. The number of aliphatic hydroxyl groups is 1. The van der Waals surface area contributed by atoms with E-state index in [0.717, 1.165) is 30.4 Å². The van der Waals surface area contributed by atoms with Crippen LogP contribution in [0, 0.1) is 0 Å². The van der Waals surface area contributed by atoms with Crippen LogP contribution in [0.2, 0.25) is 0 Å². The van der Waals surface area contributed by atoms with Gasteiger partial charge in [-0.15, -0.1) is 0 Å². The van der Waals surface area contributed by atoms with Gasteiger partial charge in [-0.1, -0.05) is 12.8 Å². The van der Waals surface area contributed by atoms with Crippen LogP contribution in [0.25, 0.3) is 0 Å². The van der Waals surface area contributed by atoms with E-state index in [4.69, 9.17) is 0 Å². The molecule has 0 amide bonds. The SMILES string of the molecule is Cn1c(CN2CCCCCC2CO)cc(=O)n(C)c1=O. The van der Waals surface area contributed by atoms with Gasteiger partial charge in [0.05, 0.1) is 6.61 Å². The molecule has 2 heterocycles. The summed E-state index contributed by atoms with van der Waals surface area (Å²) in [6.07, 6.45) is 4.35. The van der Waals surface area contributed by atoms with Crippen molar-refractivity contribution in [1.82, 2.24) is 14.0 Å². The molecule has 0 aliphatic carbocycles. The standard InChI is InChI=1S/C14H23N3O3/c1-15-12(8-13(19)16(2)14(15)20)9-17-7-5-3-4-6-11(17)10-18/h8,11,18H,3-7,9-10H2,1-2H3. The zero-order valence-corrected chi connectivity index (χ0v) is 12.2. The van der Waals surface area contributed by atoms with Crippen molar-refractivity contribution < 1.29 is 5.11 Å². The summed E-state index contributed by atoms with van der Waals surface area (Å²) in [5, 5.41) is 9.51. The maximum Gasteiger partial charge on any atom is 0.330 e. The largest absolute Gasteiger partial charge is 0.395 e. The fourth-order valence-corrected chi connectivity index (χ4v) is 2.79. The summed E-state index contributed by atoms with van der Waals surface area (Å²) in [4.78, 5) is 25.9. The van der Waals surface area contributed by atoms with Crippen molar-refractivity contribution in [2.24, 2.45) is 14.1 Å². The number of likely N-dealkylation sites (tertiary alicyclic amines) is 1. The molecule has 1 saturated heterocycles. The molecular formula is C14H23N3O3. The highest BCUT2D eigenvalue weighted by molar-refractivity contribution is 5.02. The minimum atomic E-state index is -0.303. The lowest BCUT2D eigenvalue weighted by Gasteiger charge is -2.28. The molecule has 1 N–H and O–H groups in total. The number of hydrogen-bond donors (Lipinski definition) is 1. The number of hydrogen-bond acceptors (Lipinski definition) is 4. The third-order valence-corrected chi connectivity index (χ3v) is 4.20. The smallest absolute Gasteiger partial charge is 0.330 e. The van der Waals surface area contributed by atoms with Crippen molar-refractivity contribution >= 4 is 0 Å². The molecular weight excluding hydrogens is 258 g/mol. The van der Waals surface area contributed by atoms with E-state index in [0.29, 0.717) is 12.2 Å². The highest BCUT2D eigenvalue weighted by Crippen LogP contribution is 2.18. The summed E-state index contributed by atoms with van der Waals surface area (Å²) in [6, 6.07) is 1.64. The van der Waals surface area contributed by atoms with Crippen LogP contribution in [-0.4, -0.2) is 38.3 Å². The Labute approximate surface area is 118 Å². The van der Waals surface area contributed by atoms with E-state index >= 15 is 0 Å². The zero-order chi connectivity index (χ0) is 14.7. The first-order valence-corrected chi connectivity index (χ1v) is 7.15. The molecule has 2 rings (SSSR count). The van der Waals surface area contributed by atoms with Gasteiger partial charge in [0, 0.05) is 38.4 Å². The highest BCUT2D eigenvalue weighted by Gasteiger charge is 2.21. The Morgan fingerprint density at radius 1 is 1.20 bits per heavy atom. The first-order chi connectivity index (χ1) is 9.54. The molecule has 20 heavy (non-hydrogen) atoms. The predicted molar refractivity (Wildman–Crippen MR) is 76.7 cm³/mol. The molecule has 0 spiro atoms. The molecule has 1 atom stereocenters. The van der Waals surface area contributed by atoms with Gasteiger partial charge in [0.15, 0.2) is 0 Å². The van der Waals surface area contributed by atoms with E-state index in [1.165, 1.54) is 24.1 Å². The molecule has 6 heteroatoms. The number of nitrogens with zero attached hydrogens (tertiary/aromatic N) is 3. The van der Waals surface area contributed by atoms with Crippen molar-refractivity contribution in [3.05, 3.63) is 32.6 Å². The Balaban J connectivity index is 2.28. The van der Waals surface area contributed by atoms with Gasteiger partial charge in [0.2, 0.25) is 0 Å². The Hall–Kier alpha value is -1.40. The predicted octanol–water partition coefficient (Wildman–Crippen LogP) is -0.179. The van der Waals surface area contributed by atoms with Gasteiger partial charge in [-0.2, -0.15) is 0 Å². The fraction of sp³-hybridized carbons (Fsp3) is 0.714. The topological polar surface area (TPSA) is 67.5 Å². The van der Waals surface area contributed by atoms with Gasteiger partial charge >= 0.3 is 5.69 Å². The Bertz CT molecular complexity index is 576. The third-order valence-electron chi connectivity index (χ3n) is 4.20. The quantitative estimate of drug-likeness (QED) is 0.834. The molecule has 0 aromatic carbocycles. The van der Waals surface area contributed by atoms with Crippen LogP contribution in [0.4, 0.5) is 0 Å². The molecule has 1 aliphatic rings. The van der Waals surface area contributed by atoms with E-state index in [9.17, 15) is 14.7 Å². The van der Waals surface area contributed by atoms with Crippen LogP contribution >= 0.6 is 0 Å². The van der Waals surface area contributed by atoms with Crippen LogP contribution in [-0.2, 0) is 20.6 Å². The molecule has 1 aromatic heterocycles. The zero-order valence-electron chi connectivity index (χ0n) is 12.2. The fourth-order valence-electron chi connectivity index (χ4n) is 2.79. The van der Waals surface area contributed by atoms with Crippen molar-refractivity contribution in [3.63, 3.8) is 0 Å². The van der Waals surface area contributed by atoms with Crippen LogP contribution in [0.1, 0.15) is 31.4 Å². The lowest BCUT2D eigenvalue weighted by molar-refractivity contribution is 0.116. The first kappa shape index (κ1) is 15.0. The van der Waals surface area contributed by atoms with E-state index in [-0.39, 0.29) is 23.9 Å². The number of rotatable bonds is 3. The van der Waals surface area contributed by atoms with Crippen molar-refractivity contribution in [2.75, 3.05) is 13.2 Å². The Morgan fingerprint density at radius 3 is 2.65 bits per heavy atom. The van der Waals surface area contributed by atoms with Gasteiger partial charge < -0.3 is 5.11 Å². The number of aromatic nitrogens is 2. The molecule has 1 unspecified atom stereocenters. The number of aliphatic hydroxyl groups excluding tert-OH is 1. The second kappa shape index (κ2) is 6.37. The molecule has 112 valence electrons. The van der Waals surface area contributed by atoms with E-state index < -0.39 is 0 Å². The second-order valence-corrected chi connectivity index (χ2v) is 5.53. The minimum Gasteiger partial charge on any atom is -0.395 e. The molecule has 1 fully saturated rings. The maximum atomic E-state index is 11.9. The van der Waals surface area contributed by atoms with E-state index in [1.807, 2.05) is 0 Å². The summed E-state index contributed by atoms with van der Waals surface area (Å²) in [5.74, 6) is 0. The molecule has 1 aliphatic heterocycles. The highest BCUT2D eigenvalue weighted by atomic mass is 16.3. The Kier molecular flexibility index (Phi) is 4.77. The van der Waals surface area contributed by atoms with Crippen LogP contribution < -0.4 is 11.2 Å². The average molecular weight is 281 g/mol. The molecule has 1 aromatic rings. The van der Waals surface area contributed by atoms with Crippen LogP contribution in [0.15, 0.2) is 15.7 Å². The van der Waals surface area contributed by atoms with Gasteiger partial charge in [-0.05, 0) is 19.4 Å². The molecule has 0 radical (unpaired) electrons. The second-order valence-electron chi connectivity index (χ2n) is 5.53. The molecule has 0 saturated carbocycles. The summed E-state index contributed by atoms with van der Waals surface area (Å²) in [6.45, 7) is 1.56. The van der Waals surface area contributed by atoms with Crippen LogP contribution in [0.3, 0.4) is 0 Å². The summed E-state index contributed by atoms with van der Waals surface area (Å²) in [7, 11) is 3.17. The third kappa shape index (κ3) is 3.02. The van der Waals surface area contributed by atoms with E-state index in [1.54, 1.807) is 7.05 Å². The van der Waals surface area contributed by atoms with Crippen LogP contribution in [0.5, 0.6) is 0 Å². The first-order valence-electron chi connectivity index (χ1n) is 7.15. The van der Waals surface area contributed by atoms with Gasteiger partial charge in [-0.25, -0.2) is 4.79 Å². The molecule has 0 bridgehead atoms. The molecule has 6 nitrogen and oxygen atoms in total. The van der Waals surface area contributed by atoms with E-state index in [2.05, 4.69) is 4.90 Å². The van der Waals surface area contributed by atoms with Gasteiger partial charge in [-0.3, -0.25) is 18.8 Å². The summed E-state index contributed by atoms with van der Waals surface area (Å²) in [5.41, 5.74) is 0.125. The summed E-state index contributed by atoms with van der Waals surface area (Å²) >= 11 is 0. The van der Waals surface area contributed by atoms with Crippen molar-refractivity contribution in [2.45, 2.75) is 38.3 Å². The normalized spacial score (nSPS) is 20.9. The maximum absolute atomic E-state index is 11.9. The van der Waals surface area contributed by atoms with Gasteiger partial charge in [0.25, 0.3) is 5.56 Å². The van der Waals surface area contributed by atoms with Crippen molar-refractivity contribution in [1.29, 1.82) is 0 Å². The lowest BCUT2D eigenvalue weighted by atomic mass is 10.1. The average Bonchev–Trinajstić information content (AvgIpc) is 2.67. The lowest BCUT2D eigenvalue weighted by Crippen LogP contribution is -2.42. The Morgan fingerprint density at radius 2 is 1.95 bits per heavy atom. The minimum absolute atomic E-state index is 0.122.